The molecule has 0 atom stereocenters. The second kappa shape index (κ2) is 7.53. The summed E-state index contributed by atoms with van der Waals surface area (Å²) in [7, 11) is 1.84. The van der Waals surface area contributed by atoms with E-state index in [0.29, 0.717) is 6.54 Å². The van der Waals surface area contributed by atoms with Crippen LogP contribution in [0.4, 0.5) is 0 Å². The summed E-state index contributed by atoms with van der Waals surface area (Å²) in [5, 5.41) is 3.47. The molecule has 0 spiro atoms. The zero-order valence-corrected chi connectivity index (χ0v) is 17.5. The van der Waals surface area contributed by atoms with E-state index < -0.39 is 0 Å². The van der Waals surface area contributed by atoms with Crippen LogP contribution in [0.1, 0.15) is 62.9 Å². The number of benzene rings is 1. The summed E-state index contributed by atoms with van der Waals surface area (Å²) in [6.45, 7) is 12.6. The third kappa shape index (κ3) is 3.83. The molecule has 1 amide bonds. The van der Waals surface area contributed by atoms with Gasteiger partial charge in [-0.3, -0.25) is 9.79 Å². The van der Waals surface area contributed by atoms with Crippen molar-refractivity contribution in [2.75, 3.05) is 26.7 Å². The van der Waals surface area contributed by atoms with E-state index in [-0.39, 0.29) is 16.9 Å². The number of nitrogens with one attached hydrogen (secondary N) is 1. The minimum absolute atomic E-state index is 0.0829. The lowest BCUT2D eigenvalue weighted by Crippen LogP contribution is -2.72. The quantitative estimate of drug-likeness (QED) is 0.654. The highest BCUT2D eigenvalue weighted by molar-refractivity contribution is 5.94. The summed E-state index contributed by atoms with van der Waals surface area (Å²) in [4.78, 5) is 21.4. The summed E-state index contributed by atoms with van der Waals surface area (Å²) in [5.74, 6) is 1.10. The molecule has 2 heterocycles. The smallest absolute Gasteiger partial charge is 0.253 e. The van der Waals surface area contributed by atoms with Crippen molar-refractivity contribution in [3.8, 4) is 0 Å². The largest absolute Gasteiger partial charge is 0.352 e. The Kier molecular flexibility index (Phi) is 5.50. The minimum Gasteiger partial charge on any atom is -0.352 e. The molecule has 0 unspecified atom stereocenters. The molecular weight excluding hydrogens is 336 g/mol. The summed E-state index contributed by atoms with van der Waals surface area (Å²) in [6, 6.07) is 7.99. The van der Waals surface area contributed by atoms with Crippen molar-refractivity contribution in [2.24, 2.45) is 10.4 Å². The van der Waals surface area contributed by atoms with Crippen LogP contribution in [0.25, 0.3) is 0 Å². The lowest BCUT2D eigenvalue weighted by Gasteiger charge is -2.62. The maximum atomic E-state index is 12.6. The van der Waals surface area contributed by atoms with Gasteiger partial charge in [0.2, 0.25) is 0 Å². The number of amides is 1. The molecule has 27 heavy (non-hydrogen) atoms. The second-order valence-electron chi connectivity index (χ2n) is 8.98. The first-order valence-corrected chi connectivity index (χ1v) is 10.1. The SMILES string of the molecule is CN=C(NCc1ccc(C(=O)N2CCCCC2)cc1)N1CC(C)(C)C1(C)C. The molecule has 1 aromatic carbocycles. The topological polar surface area (TPSA) is 47.9 Å². The van der Waals surface area contributed by atoms with Crippen LogP contribution in [-0.4, -0.2) is 53.9 Å². The van der Waals surface area contributed by atoms with Crippen molar-refractivity contribution in [3.05, 3.63) is 35.4 Å². The van der Waals surface area contributed by atoms with E-state index in [9.17, 15) is 4.79 Å². The van der Waals surface area contributed by atoms with Crippen molar-refractivity contribution < 1.29 is 4.79 Å². The maximum absolute atomic E-state index is 12.6. The number of likely N-dealkylation sites (tertiary alicyclic amines) is 2. The highest BCUT2D eigenvalue weighted by Crippen LogP contribution is 2.46. The van der Waals surface area contributed by atoms with Crippen LogP contribution in [0.2, 0.25) is 0 Å². The molecule has 1 N–H and O–H groups in total. The normalized spacial score (nSPS) is 21.6. The van der Waals surface area contributed by atoms with Gasteiger partial charge in [-0.1, -0.05) is 26.0 Å². The first-order chi connectivity index (χ1) is 12.8. The standard InChI is InChI=1S/C22H34N4O/c1-21(2)16-26(22(21,3)4)20(23-5)24-15-17-9-11-18(12-10-17)19(27)25-13-7-6-8-14-25/h9-12H,6-8,13-16H2,1-5H3,(H,23,24). The Labute approximate surface area is 163 Å². The number of hydrogen-bond donors (Lipinski definition) is 1. The van der Waals surface area contributed by atoms with E-state index in [4.69, 9.17) is 0 Å². The van der Waals surface area contributed by atoms with Crippen molar-refractivity contribution in [2.45, 2.75) is 59.0 Å². The predicted molar refractivity (Wildman–Crippen MR) is 111 cm³/mol. The fourth-order valence-electron chi connectivity index (χ4n) is 3.92. The van der Waals surface area contributed by atoms with Crippen LogP contribution < -0.4 is 5.32 Å². The number of carbonyl (C=O) groups excluding carboxylic acids is 1. The van der Waals surface area contributed by atoms with Gasteiger partial charge in [0, 0.05) is 49.7 Å². The van der Waals surface area contributed by atoms with Crippen LogP contribution in [0.15, 0.2) is 29.3 Å². The molecule has 5 nitrogen and oxygen atoms in total. The molecule has 0 aliphatic carbocycles. The van der Waals surface area contributed by atoms with Gasteiger partial charge in [-0.25, -0.2) is 0 Å². The number of carbonyl (C=O) groups is 1. The van der Waals surface area contributed by atoms with E-state index in [0.717, 1.165) is 49.6 Å². The Morgan fingerprint density at radius 2 is 1.70 bits per heavy atom. The van der Waals surface area contributed by atoms with Gasteiger partial charge in [-0.05, 0) is 50.8 Å². The van der Waals surface area contributed by atoms with Crippen molar-refractivity contribution in [1.82, 2.24) is 15.1 Å². The minimum atomic E-state index is 0.0829. The van der Waals surface area contributed by atoms with E-state index >= 15 is 0 Å². The lowest BCUT2D eigenvalue weighted by molar-refractivity contribution is -0.0667. The molecule has 148 valence electrons. The molecule has 0 saturated carbocycles. The van der Waals surface area contributed by atoms with Gasteiger partial charge < -0.3 is 15.1 Å². The number of piperidine rings is 1. The van der Waals surface area contributed by atoms with Gasteiger partial charge in [-0.15, -0.1) is 0 Å². The molecule has 3 rings (SSSR count). The van der Waals surface area contributed by atoms with Crippen LogP contribution >= 0.6 is 0 Å². The average molecular weight is 371 g/mol. The van der Waals surface area contributed by atoms with Gasteiger partial charge >= 0.3 is 0 Å². The fourth-order valence-corrected chi connectivity index (χ4v) is 3.92. The van der Waals surface area contributed by atoms with Gasteiger partial charge in [0.1, 0.15) is 0 Å². The molecule has 1 aromatic rings. The lowest BCUT2D eigenvalue weighted by atomic mass is 9.65. The van der Waals surface area contributed by atoms with Crippen LogP contribution in [0, 0.1) is 5.41 Å². The Morgan fingerprint density at radius 3 is 2.22 bits per heavy atom. The maximum Gasteiger partial charge on any atom is 0.253 e. The molecule has 0 radical (unpaired) electrons. The molecule has 5 heteroatoms. The average Bonchev–Trinajstić information content (AvgIpc) is 2.68. The summed E-state index contributed by atoms with van der Waals surface area (Å²) in [5.41, 5.74) is 2.31. The number of hydrogen-bond acceptors (Lipinski definition) is 2. The van der Waals surface area contributed by atoms with Gasteiger partial charge in [0.25, 0.3) is 5.91 Å². The Bertz CT molecular complexity index is 700. The second-order valence-corrected chi connectivity index (χ2v) is 8.98. The van der Waals surface area contributed by atoms with Crippen LogP contribution in [-0.2, 0) is 6.54 Å². The van der Waals surface area contributed by atoms with Gasteiger partial charge in [0.05, 0.1) is 0 Å². The number of aliphatic imine (C=N–C) groups is 1. The van der Waals surface area contributed by atoms with E-state index in [1.807, 2.05) is 36.2 Å². The summed E-state index contributed by atoms with van der Waals surface area (Å²) >= 11 is 0. The fraction of sp³-hybridized carbons (Fsp3) is 0.636. The third-order valence-electron chi connectivity index (χ3n) is 6.65. The van der Waals surface area contributed by atoms with E-state index in [1.165, 1.54) is 6.42 Å². The number of guanidine groups is 1. The molecule has 2 fully saturated rings. The molecule has 0 bridgehead atoms. The Balaban J connectivity index is 1.58. The number of rotatable bonds is 3. The van der Waals surface area contributed by atoms with Crippen molar-refractivity contribution >= 4 is 11.9 Å². The molecule has 0 aromatic heterocycles. The van der Waals surface area contributed by atoms with Crippen molar-refractivity contribution in [1.29, 1.82) is 0 Å². The van der Waals surface area contributed by atoms with Crippen molar-refractivity contribution in [3.63, 3.8) is 0 Å². The highest BCUT2D eigenvalue weighted by atomic mass is 16.2. The van der Waals surface area contributed by atoms with E-state index in [1.54, 1.807) is 0 Å². The third-order valence-corrected chi connectivity index (χ3v) is 6.65. The van der Waals surface area contributed by atoms with Crippen LogP contribution in [0.5, 0.6) is 0 Å². The summed E-state index contributed by atoms with van der Waals surface area (Å²) < 4.78 is 0. The monoisotopic (exact) mass is 370 g/mol. The zero-order chi connectivity index (χ0) is 19.7. The van der Waals surface area contributed by atoms with Gasteiger partial charge in [0.15, 0.2) is 5.96 Å². The van der Waals surface area contributed by atoms with Gasteiger partial charge in [-0.2, -0.15) is 0 Å². The Hall–Kier alpha value is -2.04. The molecular formula is C22H34N4O. The first-order valence-electron chi connectivity index (χ1n) is 10.1. The van der Waals surface area contributed by atoms with E-state index in [2.05, 4.69) is 42.9 Å². The predicted octanol–water partition coefficient (Wildman–Crippen LogP) is 3.51. The Morgan fingerprint density at radius 1 is 1.07 bits per heavy atom. The zero-order valence-electron chi connectivity index (χ0n) is 17.5. The highest BCUT2D eigenvalue weighted by Gasteiger charge is 2.53. The molecule has 2 aliphatic heterocycles. The van der Waals surface area contributed by atoms with Crippen LogP contribution in [0.3, 0.4) is 0 Å². The summed E-state index contributed by atoms with van der Waals surface area (Å²) in [6.07, 6.45) is 3.48. The number of nitrogens with zero attached hydrogens (tertiary/aromatic N) is 3. The molecule has 2 saturated heterocycles. The molecule has 2 aliphatic rings. The first kappa shape index (κ1) is 19.7.